The van der Waals surface area contributed by atoms with E-state index in [0.717, 1.165) is 12.1 Å². The lowest BCUT2D eigenvalue weighted by molar-refractivity contribution is -0.121. The standard InChI is InChI=1S/C19H16Cl2N2OS2/c1-2-12-6-8-14(9-7-12)22-11-23-18(24)16(26-19(23)25)10-13-4-3-5-15(20)17(13)21/h3-10,22H,2,11H2,1H3/b16-10-. The first-order valence-corrected chi connectivity index (χ1v) is 10.00. The summed E-state index contributed by atoms with van der Waals surface area (Å²) in [6.07, 6.45) is 2.72. The maximum atomic E-state index is 12.7. The SMILES string of the molecule is CCc1ccc(NCN2C(=O)/C(=C/c3cccc(Cl)c3Cl)SC2=S)cc1. The molecule has 0 bridgehead atoms. The van der Waals surface area contributed by atoms with Crippen LogP contribution in [0, 0.1) is 0 Å². The molecule has 1 amide bonds. The Labute approximate surface area is 172 Å². The van der Waals surface area contributed by atoms with Crippen LogP contribution in [0.15, 0.2) is 47.4 Å². The smallest absolute Gasteiger partial charge is 0.267 e. The molecule has 26 heavy (non-hydrogen) atoms. The topological polar surface area (TPSA) is 32.3 Å². The molecule has 1 aliphatic rings. The van der Waals surface area contributed by atoms with Crippen molar-refractivity contribution in [1.29, 1.82) is 0 Å². The summed E-state index contributed by atoms with van der Waals surface area (Å²) in [4.78, 5) is 14.7. The highest BCUT2D eigenvalue weighted by Gasteiger charge is 2.31. The Hall–Kier alpha value is -1.53. The predicted octanol–water partition coefficient (Wildman–Crippen LogP) is 5.83. The number of hydrogen-bond donors (Lipinski definition) is 1. The summed E-state index contributed by atoms with van der Waals surface area (Å²) >= 11 is 18.8. The van der Waals surface area contributed by atoms with Crippen LogP contribution in [0.3, 0.4) is 0 Å². The Morgan fingerprint density at radius 2 is 1.92 bits per heavy atom. The Bertz CT molecular complexity index is 882. The third kappa shape index (κ3) is 4.23. The molecule has 0 saturated carbocycles. The molecule has 1 saturated heterocycles. The van der Waals surface area contributed by atoms with Crippen molar-refractivity contribution in [3.63, 3.8) is 0 Å². The van der Waals surface area contributed by atoms with E-state index in [4.69, 9.17) is 35.4 Å². The summed E-state index contributed by atoms with van der Waals surface area (Å²) < 4.78 is 0.511. The van der Waals surface area contributed by atoms with E-state index in [1.165, 1.54) is 22.2 Å². The third-order valence-corrected chi connectivity index (χ3v) is 6.16. The van der Waals surface area contributed by atoms with E-state index in [2.05, 4.69) is 24.4 Å². The molecule has 0 aromatic heterocycles. The van der Waals surface area contributed by atoms with Crippen LogP contribution >= 0.6 is 47.2 Å². The van der Waals surface area contributed by atoms with Crippen LogP contribution in [-0.2, 0) is 11.2 Å². The molecule has 1 N–H and O–H groups in total. The van der Waals surface area contributed by atoms with Gasteiger partial charge in [-0.2, -0.15) is 0 Å². The van der Waals surface area contributed by atoms with Crippen LogP contribution < -0.4 is 5.32 Å². The van der Waals surface area contributed by atoms with E-state index in [0.29, 0.717) is 31.5 Å². The molecule has 1 heterocycles. The molecule has 0 aliphatic carbocycles. The highest BCUT2D eigenvalue weighted by atomic mass is 35.5. The molecular weight excluding hydrogens is 407 g/mol. The number of benzene rings is 2. The first-order chi connectivity index (χ1) is 12.5. The van der Waals surface area contributed by atoms with Crippen LogP contribution in [0.2, 0.25) is 10.0 Å². The summed E-state index contributed by atoms with van der Waals surface area (Å²) in [7, 11) is 0. The molecular formula is C19H16Cl2N2OS2. The Morgan fingerprint density at radius 1 is 1.19 bits per heavy atom. The maximum Gasteiger partial charge on any atom is 0.267 e. The number of thioether (sulfide) groups is 1. The third-order valence-electron chi connectivity index (χ3n) is 3.95. The van der Waals surface area contributed by atoms with Gasteiger partial charge in [0.1, 0.15) is 4.32 Å². The van der Waals surface area contributed by atoms with Crippen molar-refractivity contribution in [2.45, 2.75) is 13.3 Å². The van der Waals surface area contributed by atoms with Gasteiger partial charge in [0.2, 0.25) is 0 Å². The normalized spacial score (nSPS) is 15.8. The number of carbonyl (C=O) groups is 1. The van der Waals surface area contributed by atoms with Crippen molar-refractivity contribution in [3.05, 3.63) is 68.5 Å². The number of amides is 1. The fraction of sp³-hybridized carbons (Fsp3) is 0.158. The molecule has 3 rings (SSSR count). The van der Waals surface area contributed by atoms with E-state index < -0.39 is 0 Å². The molecule has 0 spiro atoms. The zero-order chi connectivity index (χ0) is 18.7. The van der Waals surface area contributed by atoms with Crippen LogP contribution in [0.25, 0.3) is 6.08 Å². The maximum absolute atomic E-state index is 12.7. The second kappa shape index (κ2) is 8.44. The second-order valence-electron chi connectivity index (χ2n) is 5.64. The molecule has 2 aromatic rings. The van der Waals surface area contributed by atoms with Crippen LogP contribution in [0.1, 0.15) is 18.1 Å². The largest absolute Gasteiger partial charge is 0.367 e. The van der Waals surface area contributed by atoms with Gasteiger partial charge >= 0.3 is 0 Å². The van der Waals surface area contributed by atoms with Crippen LogP contribution in [-0.4, -0.2) is 21.8 Å². The lowest BCUT2D eigenvalue weighted by Gasteiger charge is -2.16. The minimum Gasteiger partial charge on any atom is -0.367 e. The minimum atomic E-state index is -0.145. The molecule has 2 aromatic carbocycles. The number of thiocarbonyl (C=S) groups is 1. The summed E-state index contributed by atoms with van der Waals surface area (Å²) in [5, 5.41) is 4.11. The first kappa shape index (κ1) is 19.2. The van der Waals surface area contributed by atoms with Gasteiger partial charge in [-0.1, -0.05) is 78.4 Å². The lowest BCUT2D eigenvalue weighted by Crippen LogP contribution is -2.33. The van der Waals surface area contributed by atoms with Crippen molar-refractivity contribution in [2.24, 2.45) is 0 Å². The number of nitrogens with zero attached hydrogens (tertiary/aromatic N) is 1. The van der Waals surface area contributed by atoms with Gasteiger partial charge in [0.05, 0.1) is 21.6 Å². The highest BCUT2D eigenvalue weighted by molar-refractivity contribution is 8.26. The quantitative estimate of drug-likeness (QED) is 0.485. The monoisotopic (exact) mass is 422 g/mol. The van der Waals surface area contributed by atoms with Crippen molar-refractivity contribution in [3.8, 4) is 0 Å². The molecule has 1 aliphatic heterocycles. The van der Waals surface area contributed by atoms with Crippen molar-refractivity contribution in [2.75, 3.05) is 12.0 Å². The van der Waals surface area contributed by atoms with Gasteiger partial charge < -0.3 is 5.32 Å². The van der Waals surface area contributed by atoms with E-state index in [9.17, 15) is 4.79 Å². The van der Waals surface area contributed by atoms with Gasteiger partial charge in [-0.05, 0) is 41.8 Å². The fourth-order valence-corrected chi connectivity index (χ4v) is 4.05. The van der Waals surface area contributed by atoms with Gasteiger partial charge in [0.15, 0.2) is 0 Å². The van der Waals surface area contributed by atoms with E-state index >= 15 is 0 Å². The van der Waals surface area contributed by atoms with Gasteiger partial charge in [0.25, 0.3) is 5.91 Å². The Morgan fingerprint density at radius 3 is 2.62 bits per heavy atom. The van der Waals surface area contributed by atoms with Gasteiger partial charge in [-0.15, -0.1) is 0 Å². The van der Waals surface area contributed by atoms with Crippen LogP contribution in [0.4, 0.5) is 5.69 Å². The number of carbonyl (C=O) groups excluding carboxylic acids is 1. The van der Waals surface area contributed by atoms with Gasteiger partial charge in [-0.3, -0.25) is 9.69 Å². The van der Waals surface area contributed by atoms with Crippen molar-refractivity contribution in [1.82, 2.24) is 4.90 Å². The molecule has 1 fully saturated rings. The average Bonchev–Trinajstić information content (AvgIpc) is 2.91. The number of rotatable bonds is 5. The van der Waals surface area contributed by atoms with E-state index in [1.54, 1.807) is 18.2 Å². The Kier molecular flexibility index (Phi) is 6.24. The summed E-state index contributed by atoms with van der Waals surface area (Å²) in [6, 6.07) is 13.4. The molecule has 134 valence electrons. The number of hydrogen-bond acceptors (Lipinski definition) is 4. The molecule has 0 unspecified atom stereocenters. The predicted molar refractivity (Wildman–Crippen MR) is 116 cm³/mol. The zero-order valence-corrected chi connectivity index (χ0v) is 17.1. The van der Waals surface area contributed by atoms with Gasteiger partial charge in [-0.25, -0.2) is 0 Å². The molecule has 3 nitrogen and oxygen atoms in total. The van der Waals surface area contributed by atoms with E-state index in [1.807, 2.05) is 18.2 Å². The summed E-state index contributed by atoms with van der Waals surface area (Å²) in [5.41, 5.74) is 2.91. The number of anilines is 1. The first-order valence-electron chi connectivity index (χ1n) is 8.01. The lowest BCUT2D eigenvalue weighted by atomic mass is 10.1. The molecule has 0 atom stereocenters. The number of nitrogens with one attached hydrogen (secondary N) is 1. The molecule has 0 radical (unpaired) electrons. The Balaban J connectivity index is 1.72. The summed E-state index contributed by atoms with van der Waals surface area (Å²) in [5.74, 6) is -0.145. The van der Waals surface area contributed by atoms with Crippen molar-refractivity contribution < 1.29 is 4.79 Å². The van der Waals surface area contributed by atoms with Crippen molar-refractivity contribution >= 4 is 69.2 Å². The minimum absolute atomic E-state index is 0.145. The zero-order valence-electron chi connectivity index (χ0n) is 14.0. The van der Waals surface area contributed by atoms with Crippen LogP contribution in [0.5, 0.6) is 0 Å². The number of aryl methyl sites for hydroxylation is 1. The summed E-state index contributed by atoms with van der Waals surface area (Å²) in [6.45, 7) is 2.43. The second-order valence-corrected chi connectivity index (χ2v) is 8.10. The average molecular weight is 423 g/mol. The van der Waals surface area contributed by atoms with Gasteiger partial charge in [0, 0.05) is 5.69 Å². The highest BCUT2D eigenvalue weighted by Crippen LogP contribution is 2.35. The van der Waals surface area contributed by atoms with E-state index in [-0.39, 0.29) is 5.91 Å². The molecule has 7 heteroatoms. The number of halogens is 2. The fourth-order valence-electron chi connectivity index (χ4n) is 2.44.